The maximum Gasteiger partial charge on any atom is 0.250 e. The molecular weight excluding hydrogens is 444 g/mol. The number of nitrogens with one attached hydrogen (secondary N) is 1. The van der Waals surface area contributed by atoms with Crippen molar-refractivity contribution in [3.63, 3.8) is 0 Å². The zero-order chi connectivity index (χ0) is 23.0. The van der Waals surface area contributed by atoms with Crippen LogP contribution < -0.4 is 15.1 Å². The fourth-order valence-corrected chi connectivity index (χ4v) is 6.91. The van der Waals surface area contributed by atoms with E-state index in [1.165, 1.54) is 9.21 Å². The summed E-state index contributed by atoms with van der Waals surface area (Å²) in [5.41, 5.74) is 1.33. The molecule has 33 heavy (non-hydrogen) atoms. The van der Waals surface area contributed by atoms with E-state index in [4.69, 9.17) is 4.74 Å². The van der Waals surface area contributed by atoms with Gasteiger partial charge in [-0.25, -0.2) is 8.42 Å². The van der Waals surface area contributed by atoms with E-state index in [0.29, 0.717) is 31.9 Å². The molecule has 0 radical (unpaired) electrons. The Balaban J connectivity index is 1.44. The predicted octanol–water partition coefficient (Wildman–Crippen LogP) is 1.47. The Morgan fingerprint density at radius 1 is 1.03 bits per heavy atom. The summed E-state index contributed by atoms with van der Waals surface area (Å²) >= 11 is 0. The van der Waals surface area contributed by atoms with E-state index in [0.717, 1.165) is 57.2 Å². The second-order valence-electron chi connectivity index (χ2n) is 9.33. The van der Waals surface area contributed by atoms with Crippen LogP contribution in [-0.4, -0.2) is 76.0 Å². The Bertz CT molecular complexity index is 1020. The number of rotatable bonds is 6. The number of fused-ring (bicyclic) bond motifs is 3. The molecule has 3 fully saturated rings. The van der Waals surface area contributed by atoms with Crippen molar-refractivity contribution in [3.8, 4) is 0 Å². The van der Waals surface area contributed by atoms with Gasteiger partial charge in [-0.15, -0.1) is 0 Å². The molecule has 3 saturated heterocycles. The highest BCUT2D eigenvalue weighted by Crippen LogP contribution is 2.41. The minimum Gasteiger partial charge on any atom is -0.376 e. The van der Waals surface area contributed by atoms with Gasteiger partial charge in [-0.1, -0.05) is 0 Å². The number of carbonyl (C=O) groups is 2. The number of amides is 2. The molecule has 180 valence electrons. The molecule has 4 heterocycles. The fraction of sp³-hybridized carbons (Fsp3) is 0.652. The van der Waals surface area contributed by atoms with Crippen LogP contribution in [0, 0.1) is 0 Å². The van der Waals surface area contributed by atoms with Crippen LogP contribution in [0.25, 0.3) is 0 Å². The van der Waals surface area contributed by atoms with Gasteiger partial charge in [-0.3, -0.25) is 14.5 Å². The number of ether oxygens (including phenoxy) is 1. The van der Waals surface area contributed by atoms with Crippen LogP contribution in [0.1, 0.15) is 44.9 Å². The third-order valence-corrected chi connectivity index (χ3v) is 9.05. The summed E-state index contributed by atoms with van der Waals surface area (Å²) in [5.74, 6) is -0.396. The SMILES string of the molecule is O=C(CN1C(=O)C2CCCCN2c2ccc(S(=O)(=O)N3CCCC3)cc21)NCC1CCCO1. The highest BCUT2D eigenvalue weighted by molar-refractivity contribution is 7.89. The molecule has 1 N–H and O–H groups in total. The van der Waals surface area contributed by atoms with Gasteiger partial charge in [0.25, 0.3) is 0 Å². The van der Waals surface area contributed by atoms with Gasteiger partial charge in [0.2, 0.25) is 21.8 Å². The molecular formula is C23H32N4O5S. The average Bonchev–Trinajstić information content (AvgIpc) is 3.55. The molecule has 9 nitrogen and oxygen atoms in total. The fourth-order valence-electron chi connectivity index (χ4n) is 5.37. The van der Waals surface area contributed by atoms with Crippen molar-refractivity contribution in [1.29, 1.82) is 0 Å². The van der Waals surface area contributed by atoms with Crippen molar-refractivity contribution in [2.75, 3.05) is 49.1 Å². The maximum atomic E-state index is 13.5. The van der Waals surface area contributed by atoms with Crippen LogP contribution in [0.3, 0.4) is 0 Å². The number of hydrogen-bond donors (Lipinski definition) is 1. The van der Waals surface area contributed by atoms with Crippen LogP contribution in [-0.2, 0) is 24.3 Å². The molecule has 10 heteroatoms. The van der Waals surface area contributed by atoms with Crippen molar-refractivity contribution >= 4 is 33.2 Å². The number of anilines is 2. The first-order valence-electron chi connectivity index (χ1n) is 12.1. The van der Waals surface area contributed by atoms with Gasteiger partial charge in [0.05, 0.1) is 22.4 Å². The van der Waals surface area contributed by atoms with Crippen LogP contribution in [0.15, 0.2) is 23.1 Å². The molecule has 4 aliphatic heterocycles. The van der Waals surface area contributed by atoms with Gasteiger partial charge < -0.3 is 15.0 Å². The minimum absolute atomic E-state index is 0.0179. The summed E-state index contributed by atoms with van der Waals surface area (Å²) in [6.07, 6.45) is 6.32. The van der Waals surface area contributed by atoms with Gasteiger partial charge >= 0.3 is 0 Å². The summed E-state index contributed by atoms with van der Waals surface area (Å²) < 4.78 is 33.4. The van der Waals surface area contributed by atoms with Crippen LogP contribution in [0.4, 0.5) is 11.4 Å². The lowest BCUT2D eigenvalue weighted by Gasteiger charge is -2.45. The normalized spacial score (nSPS) is 25.8. The molecule has 4 aliphatic rings. The zero-order valence-corrected chi connectivity index (χ0v) is 19.7. The van der Waals surface area contributed by atoms with E-state index < -0.39 is 10.0 Å². The van der Waals surface area contributed by atoms with Crippen molar-refractivity contribution in [3.05, 3.63) is 18.2 Å². The Kier molecular flexibility index (Phi) is 6.32. The molecule has 1 aromatic rings. The summed E-state index contributed by atoms with van der Waals surface area (Å²) in [5, 5.41) is 2.89. The average molecular weight is 477 g/mol. The lowest BCUT2D eigenvalue weighted by atomic mass is 9.96. The number of sulfonamides is 1. The zero-order valence-electron chi connectivity index (χ0n) is 18.9. The van der Waals surface area contributed by atoms with Crippen LogP contribution >= 0.6 is 0 Å². The van der Waals surface area contributed by atoms with Crippen molar-refractivity contribution in [1.82, 2.24) is 9.62 Å². The number of piperidine rings is 1. The van der Waals surface area contributed by atoms with E-state index in [1.54, 1.807) is 18.2 Å². The summed E-state index contributed by atoms with van der Waals surface area (Å²) in [6.45, 7) is 2.79. The van der Waals surface area contributed by atoms with Gasteiger partial charge in [0.1, 0.15) is 12.6 Å². The van der Waals surface area contributed by atoms with E-state index >= 15 is 0 Å². The molecule has 0 bridgehead atoms. The Morgan fingerprint density at radius 2 is 1.82 bits per heavy atom. The molecule has 0 aromatic heterocycles. The Hall–Kier alpha value is -2.17. The summed E-state index contributed by atoms with van der Waals surface area (Å²) in [4.78, 5) is 30.0. The molecule has 1 aromatic carbocycles. The van der Waals surface area contributed by atoms with Gasteiger partial charge in [0.15, 0.2) is 0 Å². The number of hydrogen-bond acceptors (Lipinski definition) is 6. The maximum absolute atomic E-state index is 13.5. The topological polar surface area (TPSA) is 99.3 Å². The third-order valence-electron chi connectivity index (χ3n) is 7.16. The number of benzene rings is 1. The second-order valence-corrected chi connectivity index (χ2v) is 11.3. The highest BCUT2D eigenvalue weighted by Gasteiger charge is 2.41. The predicted molar refractivity (Wildman–Crippen MR) is 124 cm³/mol. The highest BCUT2D eigenvalue weighted by atomic mass is 32.2. The molecule has 2 unspecified atom stereocenters. The molecule has 2 amide bonds. The number of nitrogens with zero attached hydrogens (tertiary/aromatic N) is 3. The van der Waals surface area contributed by atoms with Gasteiger partial charge in [0, 0.05) is 32.8 Å². The standard InChI is InChI=1S/C23H32N4O5S/c28-22(24-15-17-6-5-13-32-17)16-27-21-14-18(33(30,31)25-10-3-4-11-25)8-9-19(21)26-12-2-1-7-20(26)23(27)29/h8-9,14,17,20H,1-7,10-13,15-16H2,(H,24,28). The lowest BCUT2D eigenvalue weighted by Crippen LogP contribution is -2.57. The third kappa shape index (κ3) is 4.36. The van der Waals surface area contributed by atoms with Crippen molar-refractivity contribution in [2.24, 2.45) is 0 Å². The van der Waals surface area contributed by atoms with E-state index in [9.17, 15) is 18.0 Å². The van der Waals surface area contributed by atoms with Crippen molar-refractivity contribution in [2.45, 2.75) is 62.0 Å². The number of carbonyl (C=O) groups excluding carboxylic acids is 2. The van der Waals surface area contributed by atoms with Crippen LogP contribution in [0.2, 0.25) is 0 Å². The van der Waals surface area contributed by atoms with Crippen LogP contribution in [0.5, 0.6) is 0 Å². The summed E-state index contributed by atoms with van der Waals surface area (Å²) in [6, 6.07) is 4.72. The van der Waals surface area contributed by atoms with E-state index in [2.05, 4.69) is 10.2 Å². The quantitative estimate of drug-likeness (QED) is 0.668. The lowest BCUT2D eigenvalue weighted by molar-refractivity contribution is -0.125. The minimum atomic E-state index is -3.63. The first kappa shape index (κ1) is 22.6. The Morgan fingerprint density at radius 3 is 2.58 bits per heavy atom. The molecule has 0 aliphatic carbocycles. The van der Waals surface area contributed by atoms with Gasteiger partial charge in [-0.05, 0) is 63.1 Å². The van der Waals surface area contributed by atoms with Crippen molar-refractivity contribution < 1.29 is 22.7 Å². The smallest absolute Gasteiger partial charge is 0.250 e. The van der Waals surface area contributed by atoms with E-state index in [-0.39, 0.29) is 35.4 Å². The second kappa shape index (κ2) is 9.23. The summed E-state index contributed by atoms with van der Waals surface area (Å²) in [7, 11) is -3.63. The van der Waals surface area contributed by atoms with Gasteiger partial charge in [-0.2, -0.15) is 4.31 Å². The van der Waals surface area contributed by atoms with E-state index in [1.807, 2.05) is 0 Å². The first-order chi connectivity index (χ1) is 15.9. The first-order valence-corrected chi connectivity index (χ1v) is 13.5. The Labute approximate surface area is 195 Å². The molecule has 2 atom stereocenters. The molecule has 5 rings (SSSR count). The monoisotopic (exact) mass is 476 g/mol. The molecule has 0 saturated carbocycles. The molecule has 0 spiro atoms. The largest absolute Gasteiger partial charge is 0.376 e.